The van der Waals surface area contributed by atoms with Gasteiger partial charge < -0.3 is 37.0 Å². The minimum absolute atomic E-state index is 0.0118. The van der Waals surface area contributed by atoms with Crippen LogP contribution < -0.4 is 11.5 Å². The number of nitrogen functional groups attached to an aromatic ring is 2. The molecule has 0 unspecified atom stereocenters. The molecule has 0 aliphatic heterocycles. The monoisotopic (exact) mass is 896 g/mol. The molecular formula is C34H28N18O9S2. The first-order chi connectivity index (χ1) is 30.0. The second kappa shape index (κ2) is 16.8. The van der Waals surface area contributed by atoms with Gasteiger partial charge in [0.2, 0.25) is 16.2 Å². The number of aromatic nitrogens is 12. The number of rotatable bonds is 14. The predicted octanol–water partition coefficient (Wildman–Crippen LogP) is 4.56. The normalized spacial score (nSPS) is 11.6. The van der Waals surface area contributed by atoms with Crippen LogP contribution >= 0.6 is 23.5 Å². The Kier molecular flexibility index (Phi) is 11.3. The van der Waals surface area contributed by atoms with Crippen molar-refractivity contribution in [2.75, 3.05) is 24.0 Å². The Bertz CT molecular complexity index is 2830. The highest BCUT2D eigenvalue weighted by molar-refractivity contribution is 7.98. The largest absolute Gasteiger partial charge is 0.493 e. The molecule has 7 rings (SSSR count). The van der Waals surface area contributed by atoms with Gasteiger partial charge in [0.05, 0.1) is 45.0 Å². The Hall–Kier alpha value is -8.60. The van der Waals surface area contributed by atoms with Crippen molar-refractivity contribution < 1.29 is 44.7 Å². The molecule has 0 fully saturated rings. The zero-order valence-corrected chi connectivity index (χ0v) is 34.2. The topological polar surface area (TPSA) is 394 Å². The number of azo groups is 2. The van der Waals surface area contributed by atoms with Gasteiger partial charge in [-0.3, -0.25) is 0 Å². The van der Waals surface area contributed by atoms with Crippen LogP contribution in [0.3, 0.4) is 0 Å². The van der Waals surface area contributed by atoms with Crippen LogP contribution in [0, 0.1) is 13.8 Å². The SMILES string of the molecule is CSc1nc(N=Nc2c(C)nn(-c3cc(O)nc(-n4nc(C)c(N=Nc5nc(SC)nn5-c5cc(C(=O)O)cc(C(=O)O)c5)c4N)n3)c2N)n(-c2cc(C(=O)O)cc(C(=O)O)c2)n1. The van der Waals surface area contributed by atoms with Gasteiger partial charge in [0, 0.05) is 6.07 Å². The number of carboxylic acids is 4. The fourth-order valence-corrected chi connectivity index (χ4v) is 6.30. The molecule has 0 saturated heterocycles. The number of aromatic carboxylic acids is 4. The fraction of sp³-hybridized carbons (Fsp3) is 0.118. The molecule has 0 saturated carbocycles. The molecule has 2 aromatic carbocycles. The van der Waals surface area contributed by atoms with Crippen LogP contribution in [0.1, 0.15) is 52.8 Å². The van der Waals surface area contributed by atoms with Gasteiger partial charge in [0.15, 0.2) is 28.8 Å². The highest BCUT2D eigenvalue weighted by Crippen LogP contribution is 2.34. The average molecular weight is 897 g/mol. The van der Waals surface area contributed by atoms with Crippen LogP contribution in [-0.4, -0.2) is 121 Å². The Morgan fingerprint density at radius 3 is 1.33 bits per heavy atom. The molecule has 0 radical (unpaired) electrons. The molecule has 5 aromatic heterocycles. The summed E-state index contributed by atoms with van der Waals surface area (Å²) in [5.41, 5.74) is 12.2. The number of nitrogens with two attached hydrogens (primary N) is 2. The van der Waals surface area contributed by atoms with Crippen molar-refractivity contribution in [1.29, 1.82) is 0 Å². The van der Waals surface area contributed by atoms with Crippen LogP contribution in [-0.2, 0) is 0 Å². The van der Waals surface area contributed by atoms with Crippen LogP contribution in [0.5, 0.6) is 5.88 Å². The molecule has 0 atom stereocenters. The van der Waals surface area contributed by atoms with Gasteiger partial charge in [-0.05, 0) is 62.8 Å². The van der Waals surface area contributed by atoms with Crippen LogP contribution in [0.15, 0.2) is 73.2 Å². The van der Waals surface area contributed by atoms with Crippen LogP contribution in [0.4, 0.5) is 34.9 Å². The number of anilines is 2. The number of hydrogen-bond acceptors (Lipinski definition) is 21. The number of thioether (sulfide) groups is 2. The van der Waals surface area contributed by atoms with Gasteiger partial charge in [-0.15, -0.1) is 30.7 Å². The lowest BCUT2D eigenvalue weighted by atomic mass is 10.1. The smallest absolute Gasteiger partial charge is 0.335 e. The molecule has 5 heterocycles. The zero-order chi connectivity index (χ0) is 45.4. The van der Waals surface area contributed by atoms with E-state index < -0.39 is 29.8 Å². The lowest BCUT2D eigenvalue weighted by Crippen LogP contribution is -2.11. The van der Waals surface area contributed by atoms with Gasteiger partial charge in [0.1, 0.15) is 0 Å². The molecular weight excluding hydrogens is 869 g/mol. The first kappa shape index (κ1) is 42.5. The Morgan fingerprint density at radius 2 is 0.937 bits per heavy atom. The van der Waals surface area contributed by atoms with Crippen molar-refractivity contribution in [3.63, 3.8) is 0 Å². The summed E-state index contributed by atoms with van der Waals surface area (Å²) in [7, 11) is 0. The Labute approximate surface area is 358 Å². The minimum atomic E-state index is -1.37. The summed E-state index contributed by atoms with van der Waals surface area (Å²) in [6.07, 6.45) is 3.36. The summed E-state index contributed by atoms with van der Waals surface area (Å²) in [5.74, 6) is -6.96. The lowest BCUT2D eigenvalue weighted by molar-refractivity contribution is 0.0676. The highest BCUT2D eigenvalue weighted by Gasteiger charge is 2.23. The maximum absolute atomic E-state index is 11.8. The summed E-state index contributed by atoms with van der Waals surface area (Å²) in [5, 5.41) is 83.6. The van der Waals surface area contributed by atoms with Crippen molar-refractivity contribution in [2.24, 2.45) is 20.5 Å². The predicted molar refractivity (Wildman–Crippen MR) is 219 cm³/mol. The van der Waals surface area contributed by atoms with Crippen molar-refractivity contribution in [3.8, 4) is 29.0 Å². The Morgan fingerprint density at radius 1 is 0.540 bits per heavy atom. The van der Waals surface area contributed by atoms with Gasteiger partial charge >= 0.3 is 23.9 Å². The molecule has 7 aromatic rings. The standard InChI is InChI=1S/C34H28N18O9S2/c1-12-22(41-43-31-39-33(62-3)47-49(31)18-7-14(26(54)55)5-15(8-18)27(56)57)24(35)51(45-12)20-11-21(53)38-30(37-20)52-25(36)23(13(2)46-52)42-44-32-40-34(63-4)48-50(32)19-9-16(28(58)59)6-17(10-19)29(60)61/h5-11H,35-36H2,1-4H3,(H,54,55)(H,56,57)(H,58,59)(H,60,61)(H,37,38,53). The Balaban J connectivity index is 1.22. The third-order valence-corrected chi connectivity index (χ3v) is 9.59. The van der Waals surface area contributed by atoms with Gasteiger partial charge in [-0.1, -0.05) is 23.5 Å². The van der Waals surface area contributed by atoms with Crippen molar-refractivity contribution in [3.05, 3.63) is 76.1 Å². The third-order valence-electron chi connectivity index (χ3n) is 8.52. The van der Waals surface area contributed by atoms with E-state index in [0.29, 0.717) is 0 Å². The third kappa shape index (κ3) is 8.43. The number of carbonyl (C=O) groups is 4. The number of aromatic hydroxyl groups is 1. The molecule has 320 valence electrons. The van der Waals surface area contributed by atoms with Crippen molar-refractivity contribution in [1.82, 2.24) is 59.1 Å². The molecule has 0 spiro atoms. The average Bonchev–Trinajstić information content (AvgIpc) is 4.01. The number of hydrogen-bond donors (Lipinski definition) is 7. The minimum Gasteiger partial charge on any atom is -0.493 e. The summed E-state index contributed by atoms with van der Waals surface area (Å²) < 4.78 is 4.41. The van der Waals surface area contributed by atoms with E-state index in [2.05, 4.69) is 60.8 Å². The van der Waals surface area contributed by atoms with Gasteiger partial charge in [-0.25, -0.2) is 19.2 Å². The van der Waals surface area contributed by atoms with E-state index in [4.69, 9.17) is 11.5 Å². The summed E-state index contributed by atoms with van der Waals surface area (Å²) >= 11 is 2.27. The molecule has 0 aliphatic carbocycles. The second-order valence-corrected chi connectivity index (χ2v) is 14.2. The van der Waals surface area contributed by atoms with Gasteiger partial charge in [0.25, 0.3) is 17.8 Å². The highest BCUT2D eigenvalue weighted by atomic mass is 32.2. The molecule has 0 amide bonds. The molecule has 0 bridgehead atoms. The number of carboxylic acid groups (broad SMARTS) is 4. The summed E-state index contributed by atoms with van der Waals surface area (Å²) in [6.45, 7) is 3.10. The molecule has 9 N–H and O–H groups in total. The number of aryl methyl sites for hydroxylation is 2. The first-order valence-corrected chi connectivity index (χ1v) is 19.8. The van der Waals surface area contributed by atoms with E-state index in [1.807, 2.05) is 0 Å². The van der Waals surface area contributed by atoms with Gasteiger partial charge in [-0.2, -0.15) is 48.9 Å². The van der Waals surface area contributed by atoms with Crippen LogP contribution in [0.2, 0.25) is 0 Å². The maximum Gasteiger partial charge on any atom is 0.335 e. The lowest BCUT2D eigenvalue weighted by Gasteiger charge is -2.07. The number of benzene rings is 2. The van der Waals surface area contributed by atoms with E-state index >= 15 is 0 Å². The van der Waals surface area contributed by atoms with E-state index in [1.165, 1.54) is 24.3 Å². The van der Waals surface area contributed by atoms with Crippen molar-refractivity contribution in [2.45, 2.75) is 24.2 Å². The first-order valence-electron chi connectivity index (χ1n) is 17.3. The molecule has 0 aliphatic rings. The van der Waals surface area contributed by atoms with E-state index in [9.17, 15) is 44.7 Å². The van der Waals surface area contributed by atoms with E-state index in [-0.39, 0.29) is 102 Å². The fourth-order valence-electron chi connectivity index (χ4n) is 5.63. The maximum atomic E-state index is 11.8. The quantitative estimate of drug-likeness (QED) is 0.0580. The summed E-state index contributed by atoms with van der Waals surface area (Å²) in [4.78, 5) is 64.1. The molecule has 63 heavy (non-hydrogen) atoms. The van der Waals surface area contributed by atoms with E-state index in [1.54, 1.807) is 26.4 Å². The van der Waals surface area contributed by atoms with Crippen LogP contribution in [0.25, 0.3) is 23.1 Å². The van der Waals surface area contributed by atoms with E-state index in [0.717, 1.165) is 60.5 Å². The molecule has 29 heteroatoms. The summed E-state index contributed by atoms with van der Waals surface area (Å²) in [6, 6.07) is 7.91. The van der Waals surface area contributed by atoms with Crippen molar-refractivity contribution >= 4 is 82.3 Å². The number of nitrogens with zero attached hydrogens (tertiary/aromatic N) is 16. The molecule has 27 nitrogen and oxygen atoms in total. The zero-order valence-electron chi connectivity index (χ0n) is 32.5. The second-order valence-electron chi connectivity index (χ2n) is 12.6.